The Morgan fingerprint density at radius 2 is 2.25 bits per heavy atom. The Hall–Kier alpha value is -1.88. The number of nitrogens with zero attached hydrogens (tertiary/aromatic N) is 1. The Bertz CT molecular complexity index is 527. The molecule has 2 heterocycles. The molecule has 0 radical (unpaired) electrons. The fourth-order valence-corrected chi connectivity index (χ4v) is 1.73. The van der Waals surface area contributed by atoms with Gasteiger partial charge in [-0.05, 0) is 30.7 Å². The Balaban J connectivity index is 1.95. The topological polar surface area (TPSA) is 47.3 Å². The van der Waals surface area contributed by atoms with Gasteiger partial charge in [0.2, 0.25) is 0 Å². The van der Waals surface area contributed by atoms with Crippen LogP contribution in [-0.2, 0) is 13.2 Å². The predicted molar refractivity (Wildman–Crippen MR) is 73.8 cm³/mol. The van der Waals surface area contributed by atoms with Crippen LogP contribution in [0.2, 0.25) is 0 Å². The smallest absolute Gasteiger partial charge is 0.251 e. The van der Waals surface area contributed by atoms with E-state index in [0.29, 0.717) is 23.8 Å². The number of furan rings is 1. The second-order valence-electron chi connectivity index (χ2n) is 4.98. The van der Waals surface area contributed by atoms with Crippen LogP contribution in [0.4, 0.5) is 4.39 Å². The van der Waals surface area contributed by atoms with Crippen molar-refractivity contribution in [3.05, 3.63) is 47.8 Å². The lowest BCUT2D eigenvalue weighted by Crippen LogP contribution is -2.20. The van der Waals surface area contributed by atoms with Crippen molar-refractivity contribution >= 4 is 0 Å². The van der Waals surface area contributed by atoms with Gasteiger partial charge >= 0.3 is 0 Å². The molecule has 5 heteroatoms. The molecule has 2 aromatic heterocycles. The largest absolute Gasteiger partial charge is 0.467 e. The van der Waals surface area contributed by atoms with Crippen molar-refractivity contribution in [2.75, 3.05) is 6.54 Å². The van der Waals surface area contributed by atoms with Crippen LogP contribution in [0, 0.1) is 11.7 Å². The summed E-state index contributed by atoms with van der Waals surface area (Å²) in [6.45, 7) is 5.68. The number of ether oxygens (including phenoxy) is 1. The van der Waals surface area contributed by atoms with Crippen LogP contribution in [0.15, 0.2) is 35.1 Å². The molecule has 0 aliphatic carbocycles. The van der Waals surface area contributed by atoms with Gasteiger partial charge in [0.05, 0.1) is 6.26 Å². The lowest BCUT2D eigenvalue weighted by atomic mass is 10.2. The van der Waals surface area contributed by atoms with Gasteiger partial charge < -0.3 is 14.5 Å². The number of pyridine rings is 1. The molecule has 0 bridgehead atoms. The van der Waals surface area contributed by atoms with Gasteiger partial charge in [-0.25, -0.2) is 9.37 Å². The summed E-state index contributed by atoms with van der Waals surface area (Å²) in [5, 5.41) is 3.20. The summed E-state index contributed by atoms with van der Waals surface area (Å²) < 4.78 is 24.6. The highest BCUT2D eigenvalue weighted by Gasteiger charge is 2.11. The quantitative estimate of drug-likeness (QED) is 0.845. The van der Waals surface area contributed by atoms with E-state index in [-0.39, 0.29) is 12.5 Å². The Labute approximate surface area is 118 Å². The summed E-state index contributed by atoms with van der Waals surface area (Å²) in [5.41, 5.74) is 0.551. The fourth-order valence-electron chi connectivity index (χ4n) is 1.73. The predicted octanol–water partition coefficient (Wildman–Crippen LogP) is 3.14. The van der Waals surface area contributed by atoms with Gasteiger partial charge in [-0.1, -0.05) is 13.8 Å². The standard InChI is InChI=1S/C15H19FN2O2/c1-11(2)8-17-9-12-5-6-18-15(14(12)16)20-10-13-4-3-7-19-13/h3-7,11,17H,8-10H2,1-2H3. The average Bonchev–Trinajstić information content (AvgIpc) is 2.92. The molecule has 0 spiro atoms. The first kappa shape index (κ1) is 14.5. The fraction of sp³-hybridized carbons (Fsp3) is 0.400. The maximum atomic E-state index is 14.2. The van der Waals surface area contributed by atoms with Gasteiger partial charge in [0, 0.05) is 18.3 Å². The molecule has 0 aromatic carbocycles. The van der Waals surface area contributed by atoms with Crippen LogP contribution in [0.1, 0.15) is 25.2 Å². The molecule has 1 N–H and O–H groups in total. The van der Waals surface area contributed by atoms with E-state index in [2.05, 4.69) is 24.1 Å². The van der Waals surface area contributed by atoms with Crippen molar-refractivity contribution in [2.45, 2.75) is 27.0 Å². The lowest BCUT2D eigenvalue weighted by molar-refractivity contribution is 0.247. The highest BCUT2D eigenvalue weighted by molar-refractivity contribution is 5.23. The highest BCUT2D eigenvalue weighted by atomic mass is 19.1. The van der Waals surface area contributed by atoms with Crippen LogP contribution in [0.5, 0.6) is 5.88 Å². The first-order valence-electron chi connectivity index (χ1n) is 6.66. The van der Waals surface area contributed by atoms with Crippen molar-refractivity contribution < 1.29 is 13.5 Å². The zero-order chi connectivity index (χ0) is 14.4. The Kier molecular flexibility index (Phi) is 5.12. The molecule has 108 valence electrons. The highest BCUT2D eigenvalue weighted by Crippen LogP contribution is 2.18. The molecule has 0 aliphatic heterocycles. The first-order chi connectivity index (χ1) is 9.66. The minimum atomic E-state index is -0.421. The molecule has 2 rings (SSSR count). The van der Waals surface area contributed by atoms with E-state index in [0.717, 1.165) is 6.54 Å². The number of aromatic nitrogens is 1. The maximum absolute atomic E-state index is 14.2. The molecule has 2 aromatic rings. The van der Waals surface area contributed by atoms with Crippen molar-refractivity contribution in [3.63, 3.8) is 0 Å². The molecule has 0 aliphatic rings. The summed E-state index contributed by atoms with van der Waals surface area (Å²) >= 11 is 0. The molecule has 4 nitrogen and oxygen atoms in total. The Morgan fingerprint density at radius 3 is 2.95 bits per heavy atom. The van der Waals surface area contributed by atoms with Crippen molar-refractivity contribution in [3.8, 4) is 5.88 Å². The monoisotopic (exact) mass is 278 g/mol. The first-order valence-corrected chi connectivity index (χ1v) is 6.66. The van der Waals surface area contributed by atoms with Crippen LogP contribution >= 0.6 is 0 Å². The minimum absolute atomic E-state index is 0.00486. The van der Waals surface area contributed by atoms with E-state index in [1.54, 1.807) is 30.7 Å². The van der Waals surface area contributed by atoms with Crippen molar-refractivity contribution in [1.29, 1.82) is 0 Å². The summed E-state index contributed by atoms with van der Waals surface area (Å²) in [6.07, 6.45) is 3.10. The normalized spacial score (nSPS) is 11.0. The van der Waals surface area contributed by atoms with Gasteiger partial charge in [0.15, 0.2) is 5.82 Å². The van der Waals surface area contributed by atoms with Crippen LogP contribution < -0.4 is 10.1 Å². The van der Waals surface area contributed by atoms with Crippen molar-refractivity contribution in [1.82, 2.24) is 10.3 Å². The third-order valence-electron chi connectivity index (χ3n) is 2.74. The van der Waals surface area contributed by atoms with Gasteiger partial charge in [-0.3, -0.25) is 0 Å². The molecular formula is C15H19FN2O2. The van der Waals surface area contributed by atoms with Crippen molar-refractivity contribution in [2.24, 2.45) is 5.92 Å². The van der Waals surface area contributed by atoms with Gasteiger partial charge in [0.1, 0.15) is 12.4 Å². The summed E-state index contributed by atoms with van der Waals surface area (Å²) in [5.74, 6) is 0.740. The zero-order valence-corrected chi connectivity index (χ0v) is 11.7. The molecule has 0 fully saturated rings. The summed E-state index contributed by atoms with van der Waals surface area (Å²) in [6, 6.07) is 5.18. The van der Waals surface area contributed by atoms with Gasteiger partial charge in [0.25, 0.3) is 5.88 Å². The summed E-state index contributed by atoms with van der Waals surface area (Å²) in [4.78, 5) is 3.91. The van der Waals surface area contributed by atoms with E-state index in [1.807, 2.05) is 0 Å². The third kappa shape index (κ3) is 4.06. The lowest BCUT2D eigenvalue weighted by Gasteiger charge is -2.10. The molecular weight excluding hydrogens is 259 g/mol. The van der Waals surface area contributed by atoms with E-state index in [1.165, 1.54) is 0 Å². The number of nitrogens with one attached hydrogen (secondary N) is 1. The molecule has 0 saturated heterocycles. The van der Waals surface area contributed by atoms with Crippen LogP contribution in [-0.4, -0.2) is 11.5 Å². The number of hydrogen-bond donors (Lipinski definition) is 1. The second kappa shape index (κ2) is 7.05. The van der Waals surface area contributed by atoms with Gasteiger partial charge in [-0.15, -0.1) is 0 Å². The SMILES string of the molecule is CC(C)CNCc1ccnc(OCc2ccco2)c1F. The summed E-state index contributed by atoms with van der Waals surface area (Å²) in [7, 11) is 0. The third-order valence-corrected chi connectivity index (χ3v) is 2.74. The number of rotatable bonds is 7. The molecule has 0 amide bonds. The average molecular weight is 278 g/mol. The second-order valence-corrected chi connectivity index (χ2v) is 4.98. The zero-order valence-electron chi connectivity index (χ0n) is 11.7. The van der Waals surface area contributed by atoms with E-state index < -0.39 is 5.82 Å². The van der Waals surface area contributed by atoms with Crippen LogP contribution in [0.3, 0.4) is 0 Å². The Morgan fingerprint density at radius 1 is 1.40 bits per heavy atom. The van der Waals surface area contributed by atoms with E-state index in [4.69, 9.17) is 9.15 Å². The maximum Gasteiger partial charge on any atom is 0.251 e. The van der Waals surface area contributed by atoms with Gasteiger partial charge in [-0.2, -0.15) is 0 Å². The minimum Gasteiger partial charge on any atom is -0.467 e. The van der Waals surface area contributed by atoms with E-state index in [9.17, 15) is 4.39 Å². The molecule has 0 unspecified atom stereocenters. The van der Waals surface area contributed by atoms with E-state index >= 15 is 0 Å². The molecule has 0 saturated carbocycles. The number of halogens is 1. The van der Waals surface area contributed by atoms with Crippen LogP contribution in [0.25, 0.3) is 0 Å². The number of hydrogen-bond acceptors (Lipinski definition) is 4. The molecule has 20 heavy (non-hydrogen) atoms. The molecule has 0 atom stereocenters.